The molecule has 2 amide bonds. The Morgan fingerprint density at radius 3 is 2.40 bits per heavy atom. The number of benzene rings is 2. The minimum absolute atomic E-state index is 0.0234. The third kappa shape index (κ3) is 11.7. The average Bonchev–Trinajstić information content (AvgIpc) is 3.00. The molecule has 0 saturated carbocycles. The van der Waals surface area contributed by atoms with Crippen molar-refractivity contribution in [2.24, 2.45) is 5.73 Å². The molecular formula is C30H38ClN5O6S. The van der Waals surface area contributed by atoms with Crippen LogP contribution in [0.2, 0.25) is 5.02 Å². The van der Waals surface area contributed by atoms with E-state index in [9.17, 15) is 23.1 Å². The molecule has 3 aromatic rings. The Kier molecular flexibility index (Phi) is 13.5. The van der Waals surface area contributed by atoms with Crippen LogP contribution in [-0.2, 0) is 49.6 Å². The fraction of sp³-hybridized carbons (Fsp3) is 0.367. The molecule has 0 fully saturated rings. The molecule has 0 saturated heterocycles. The van der Waals surface area contributed by atoms with E-state index in [2.05, 4.69) is 20.3 Å². The van der Waals surface area contributed by atoms with E-state index in [0.29, 0.717) is 28.3 Å². The number of pyridine rings is 1. The summed E-state index contributed by atoms with van der Waals surface area (Å²) in [6.07, 6.45) is 0.917. The van der Waals surface area contributed by atoms with Gasteiger partial charge in [0.15, 0.2) is 6.29 Å². The van der Waals surface area contributed by atoms with Crippen molar-refractivity contribution in [3.8, 4) is 0 Å². The number of nitrogens with one attached hydrogen (secondary N) is 3. The standard InChI is InChI=1S/C30H38ClN5O6S/c1-42-28(37)15-14-26(29(38)34-19-23-17-24(31)11-10-22(23)18-32)35-30(39)27(13-12-25-9-5-6-16-33-25)36-43(40,41)20-21-7-3-2-4-8-21/h2-11,16-17,26-28,36-37H,12-15,18-20,32H2,1H3,(H,34,38)(H,35,39)/t26-,27?,28?/m0/s1. The Morgan fingerprint density at radius 2 is 1.72 bits per heavy atom. The lowest BCUT2D eigenvalue weighted by molar-refractivity contribution is -0.131. The van der Waals surface area contributed by atoms with Crippen molar-refractivity contribution in [2.75, 3.05) is 7.11 Å². The van der Waals surface area contributed by atoms with Crippen molar-refractivity contribution in [2.45, 2.75) is 62.9 Å². The number of aryl methyl sites for hydroxylation is 1. The second-order valence-corrected chi connectivity index (χ2v) is 12.1. The zero-order chi connectivity index (χ0) is 31.2. The highest BCUT2D eigenvalue weighted by Gasteiger charge is 2.29. The van der Waals surface area contributed by atoms with Gasteiger partial charge < -0.3 is 26.2 Å². The maximum Gasteiger partial charge on any atom is 0.242 e. The van der Waals surface area contributed by atoms with Crippen LogP contribution in [0.25, 0.3) is 0 Å². The molecule has 0 spiro atoms. The first-order chi connectivity index (χ1) is 20.6. The highest BCUT2D eigenvalue weighted by molar-refractivity contribution is 7.88. The number of rotatable bonds is 17. The lowest BCUT2D eigenvalue weighted by Crippen LogP contribution is -2.54. The van der Waals surface area contributed by atoms with Crippen molar-refractivity contribution in [1.82, 2.24) is 20.3 Å². The van der Waals surface area contributed by atoms with E-state index in [1.54, 1.807) is 72.9 Å². The number of aliphatic hydroxyl groups is 1. The number of hydrogen-bond donors (Lipinski definition) is 5. The molecule has 3 rings (SSSR count). The molecule has 43 heavy (non-hydrogen) atoms. The van der Waals surface area contributed by atoms with Gasteiger partial charge in [0.2, 0.25) is 21.8 Å². The molecule has 11 nitrogen and oxygen atoms in total. The summed E-state index contributed by atoms with van der Waals surface area (Å²) in [5.41, 5.74) is 8.56. The number of aromatic nitrogens is 1. The van der Waals surface area contributed by atoms with Gasteiger partial charge in [-0.25, -0.2) is 13.1 Å². The number of ether oxygens (including phenoxy) is 1. The first kappa shape index (κ1) is 34.1. The number of methoxy groups -OCH3 is 1. The van der Waals surface area contributed by atoms with Crippen LogP contribution in [0.15, 0.2) is 72.9 Å². The van der Waals surface area contributed by atoms with E-state index in [0.717, 1.165) is 5.56 Å². The fourth-order valence-corrected chi connectivity index (χ4v) is 5.93. The molecule has 0 aliphatic heterocycles. The van der Waals surface area contributed by atoms with Crippen LogP contribution in [-0.4, -0.2) is 55.8 Å². The largest absolute Gasteiger partial charge is 0.368 e. The first-order valence-electron chi connectivity index (χ1n) is 13.8. The number of amides is 2. The monoisotopic (exact) mass is 631 g/mol. The Balaban J connectivity index is 1.78. The normalized spacial score (nSPS) is 13.6. The molecule has 0 aliphatic carbocycles. The van der Waals surface area contributed by atoms with E-state index in [4.69, 9.17) is 22.1 Å². The zero-order valence-electron chi connectivity index (χ0n) is 23.9. The number of aliphatic hydroxyl groups excluding tert-OH is 1. The molecule has 232 valence electrons. The molecule has 0 aliphatic rings. The maximum atomic E-state index is 13.6. The van der Waals surface area contributed by atoms with E-state index in [-0.39, 0.29) is 38.1 Å². The number of sulfonamides is 1. The van der Waals surface area contributed by atoms with Crippen LogP contribution < -0.4 is 21.1 Å². The van der Waals surface area contributed by atoms with Gasteiger partial charge >= 0.3 is 0 Å². The van der Waals surface area contributed by atoms with Gasteiger partial charge in [-0.3, -0.25) is 14.6 Å². The van der Waals surface area contributed by atoms with Gasteiger partial charge in [0, 0.05) is 43.5 Å². The number of halogens is 1. The van der Waals surface area contributed by atoms with Gasteiger partial charge in [0.1, 0.15) is 12.1 Å². The summed E-state index contributed by atoms with van der Waals surface area (Å²) in [5, 5.41) is 15.9. The average molecular weight is 632 g/mol. The predicted octanol–water partition coefficient (Wildman–Crippen LogP) is 2.16. The molecule has 3 atom stereocenters. The van der Waals surface area contributed by atoms with Crippen LogP contribution >= 0.6 is 11.6 Å². The van der Waals surface area contributed by atoms with Crippen molar-refractivity contribution >= 4 is 33.4 Å². The summed E-state index contributed by atoms with van der Waals surface area (Å²) in [7, 11) is -2.62. The van der Waals surface area contributed by atoms with E-state index < -0.39 is 40.2 Å². The molecule has 0 bridgehead atoms. The Bertz CT molecular complexity index is 1430. The quantitative estimate of drug-likeness (QED) is 0.141. The third-order valence-electron chi connectivity index (χ3n) is 6.70. The third-order valence-corrected chi connectivity index (χ3v) is 8.29. The van der Waals surface area contributed by atoms with Gasteiger partial charge in [-0.05, 0) is 60.2 Å². The molecule has 0 radical (unpaired) electrons. The molecule has 1 aromatic heterocycles. The molecule has 2 unspecified atom stereocenters. The molecular weight excluding hydrogens is 594 g/mol. The van der Waals surface area contributed by atoms with Gasteiger partial charge in [-0.1, -0.05) is 54.1 Å². The van der Waals surface area contributed by atoms with Gasteiger partial charge in [-0.15, -0.1) is 0 Å². The van der Waals surface area contributed by atoms with Crippen LogP contribution in [0, 0.1) is 0 Å². The maximum absolute atomic E-state index is 13.6. The highest BCUT2D eigenvalue weighted by atomic mass is 35.5. The van der Waals surface area contributed by atoms with E-state index in [1.807, 2.05) is 0 Å². The fourth-order valence-electron chi connectivity index (χ4n) is 4.37. The van der Waals surface area contributed by atoms with Gasteiger partial charge in [0.05, 0.1) is 5.75 Å². The number of hydrogen-bond acceptors (Lipinski definition) is 8. The number of carbonyl (C=O) groups excluding carboxylic acids is 2. The molecule has 6 N–H and O–H groups in total. The first-order valence-corrected chi connectivity index (χ1v) is 15.8. The molecule has 1 heterocycles. The van der Waals surface area contributed by atoms with Gasteiger partial charge in [-0.2, -0.15) is 0 Å². The summed E-state index contributed by atoms with van der Waals surface area (Å²) >= 11 is 6.12. The van der Waals surface area contributed by atoms with Gasteiger partial charge in [0.25, 0.3) is 0 Å². The summed E-state index contributed by atoms with van der Waals surface area (Å²) in [4.78, 5) is 31.1. The summed E-state index contributed by atoms with van der Waals surface area (Å²) in [5.74, 6) is -1.55. The summed E-state index contributed by atoms with van der Waals surface area (Å²) in [6.45, 7) is 0.335. The van der Waals surface area contributed by atoms with E-state index in [1.165, 1.54) is 7.11 Å². The van der Waals surface area contributed by atoms with Crippen molar-refractivity contribution < 1.29 is 27.9 Å². The van der Waals surface area contributed by atoms with Crippen LogP contribution in [0.5, 0.6) is 0 Å². The van der Waals surface area contributed by atoms with E-state index >= 15 is 0 Å². The smallest absolute Gasteiger partial charge is 0.242 e. The Morgan fingerprint density at radius 1 is 0.977 bits per heavy atom. The lowest BCUT2D eigenvalue weighted by atomic mass is 10.1. The predicted molar refractivity (Wildman–Crippen MR) is 164 cm³/mol. The minimum atomic E-state index is -3.94. The second kappa shape index (κ2) is 17.0. The van der Waals surface area contributed by atoms with Crippen LogP contribution in [0.4, 0.5) is 0 Å². The number of nitrogens with zero attached hydrogens (tertiary/aromatic N) is 1. The number of carbonyl (C=O) groups is 2. The van der Waals surface area contributed by atoms with Crippen molar-refractivity contribution in [3.63, 3.8) is 0 Å². The minimum Gasteiger partial charge on any atom is -0.368 e. The van der Waals surface area contributed by atoms with Crippen molar-refractivity contribution in [3.05, 3.63) is 100 Å². The highest BCUT2D eigenvalue weighted by Crippen LogP contribution is 2.16. The summed E-state index contributed by atoms with van der Waals surface area (Å²) < 4.78 is 33.6. The summed E-state index contributed by atoms with van der Waals surface area (Å²) in [6, 6.07) is 16.8. The topological polar surface area (TPSA) is 173 Å². The molecule has 13 heteroatoms. The second-order valence-electron chi connectivity index (χ2n) is 9.94. The number of nitrogens with two attached hydrogens (primary N) is 1. The van der Waals surface area contributed by atoms with Crippen LogP contribution in [0.3, 0.4) is 0 Å². The lowest BCUT2D eigenvalue weighted by Gasteiger charge is -2.24. The Labute approximate surface area is 257 Å². The Hall–Kier alpha value is -3.39. The molecule has 2 aromatic carbocycles. The van der Waals surface area contributed by atoms with Crippen LogP contribution in [0.1, 0.15) is 41.6 Å². The zero-order valence-corrected chi connectivity index (χ0v) is 25.5. The van der Waals surface area contributed by atoms with Crippen molar-refractivity contribution in [1.29, 1.82) is 0 Å². The SMILES string of the molecule is COC(O)CC[C@H](NC(=O)C(CCc1ccccn1)NS(=O)(=O)Cc1ccccc1)C(=O)NCc1cc(Cl)ccc1CN.